The molecule has 20 heavy (non-hydrogen) atoms. The number of hydrogen-bond donors (Lipinski definition) is 1. The van der Waals surface area contributed by atoms with Crippen LogP contribution in [-0.4, -0.2) is 11.7 Å². The first-order chi connectivity index (χ1) is 9.65. The van der Waals surface area contributed by atoms with Crippen LogP contribution in [0.5, 0.6) is 0 Å². The number of hydrogen-bond acceptors (Lipinski definition) is 2. The van der Waals surface area contributed by atoms with Crippen molar-refractivity contribution in [3.05, 3.63) is 76.7 Å². The van der Waals surface area contributed by atoms with Gasteiger partial charge in [0.15, 0.2) is 0 Å². The standard InChI is InChI=1S/C16H10FNO2/c17-11-7-5-10(6-8-11)9-14-15(19)12-3-1-2-4-13(12)16(20)18-14/h1-9H,(H,18,20). The van der Waals surface area contributed by atoms with Crippen molar-refractivity contribution < 1.29 is 14.0 Å². The van der Waals surface area contributed by atoms with Gasteiger partial charge in [-0.05, 0) is 29.8 Å². The van der Waals surface area contributed by atoms with Crippen molar-refractivity contribution in [3.63, 3.8) is 0 Å². The van der Waals surface area contributed by atoms with E-state index in [0.29, 0.717) is 16.7 Å². The summed E-state index contributed by atoms with van der Waals surface area (Å²) < 4.78 is 12.8. The fraction of sp³-hybridized carbons (Fsp3) is 0. The number of benzene rings is 2. The van der Waals surface area contributed by atoms with Gasteiger partial charge in [0.05, 0.1) is 11.3 Å². The second kappa shape index (κ2) is 4.74. The minimum atomic E-state index is -0.350. The average Bonchev–Trinajstić information content (AvgIpc) is 2.47. The Labute approximate surface area is 114 Å². The van der Waals surface area contributed by atoms with E-state index < -0.39 is 0 Å². The Balaban J connectivity index is 2.03. The number of halogens is 1. The molecule has 0 fully saturated rings. The molecular formula is C16H10FNO2. The molecule has 0 atom stereocenters. The van der Waals surface area contributed by atoms with E-state index in [4.69, 9.17) is 0 Å². The van der Waals surface area contributed by atoms with Crippen molar-refractivity contribution in [1.29, 1.82) is 0 Å². The lowest BCUT2D eigenvalue weighted by Crippen LogP contribution is -2.34. The Kier molecular flexibility index (Phi) is 2.91. The molecule has 0 saturated heterocycles. The Morgan fingerprint density at radius 3 is 2.25 bits per heavy atom. The van der Waals surface area contributed by atoms with Gasteiger partial charge in [0.25, 0.3) is 5.91 Å². The quantitative estimate of drug-likeness (QED) is 0.807. The molecule has 1 aliphatic rings. The lowest BCUT2D eigenvalue weighted by atomic mass is 9.96. The molecule has 0 aromatic heterocycles. The Morgan fingerprint density at radius 2 is 1.55 bits per heavy atom. The van der Waals surface area contributed by atoms with Gasteiger partial charge in [-0.15, -0.1) is 0 Å². The Bertz CT molecular complexity index is 732. The van der Waals surface area contributed by atoms with E-state index in [1.165, 1.54) is 18.2 Å². The number of Topliss-reactive ketones (excluding diaryl/α,β-unsaturated/α-hetero) is 1. The fourth-order valence-corrected chi connectivity index (χ4v) is 2.10. The van der Waals surface area contributed by atoms with Crippen molar-refractivity contribution >= 4 is 17.8 Å². The van der Waals surface area contributed by atoms with E-state index in [-0.39, 0.29) is 23.2 Å². The number of carbonyl (C=O) groups excluding carboxylic acids is 2. The molecule has 1 heterocycles. The molecule has 1 aliphatic heterocycles. The molecule has 1 N–H and O–H groups in total. The van der Waals surface area contributed by atoms with Crippen LogP contribution in [0.2, 0.25) is 0 Å². The molecule has 3 rings (SSSR count). The Hall–Kier alpha value is -2.75. The third kappa shape index (κ3) is 2.12. The predicted molar refractivity (Wildman–Crippen MR) is 72.6 cm³/mol. The number of fused-ring (bicyclic) bond motifs is 1. The van der Waals surface area contributed by atoms with Crippen LogP contribution in [0.15, 0.2) is 54.2 Å². The maximum absolute atomic E-state index is 12.8. The van der Waals surface area contributed by atoms with E-state index in [0.717, 1.165) is 0 Å². The first-order valence-corrected chi connectivity index (χ1v) is 6.07. The summed E-state index contributed by atoms with van der Waals surface area (Å²) in [5, 5.41) is 2.56. The van der Waals surface area contributed by atoms with E-state index in [2.05, 4.69) is 5.32 Å². The summed E-state index contributed by atoms with van der Waals surface area (Å²) in [6.07, 6.45) is 1.54. The first-order valence-electron chi connectivity index (χ1n) is 6.07. The lowest BCUT2D eigenvalue weighted by Gasteiger charge is -2.17. The van der Waals surface area contributed by atoms with Gasteiger partial charge in [0.2, 0.25) is 5.78 Å². The highest BCUT2D eigenvalue weighted by atomic mass is 19.1. The number of carbonyl (C=O) groups is 2. The van der Waals surface area contributed by atoms with Crippen LogP contribution in [-0.2, 0) is 0 Å². The van der Waals surface area contributed by atoms with Gasteiger partial charge in [-0.3, -0.25) is 9.59 Å². The zero-order chi connectivity index (χ0) is 14.1. The average molecular weight is 267 g/mol. The molecule has 4 heteroatoms. The SMILES string of the molecule is O=C1NC(=Cc2ccc(F)cc2)C(=O)c2ccccc21. The van der Waals surface area contributed by atoms with Crippen LogP contribution >= 0.6 is 0 Å². The van der Waals surface area contributed by atoms with Crippen molar-refractivity contribution in [2.75, 3.05) is 0 Å². The van der Waals surface area contributed by atoms with Crippen molar-refractivity contribution in [3.8, 4) is 0 Å². The molecule has 0 saturated carbocycles. The summed E-state index contributed by atoms with van der Waals surface area (Å²) in [6, 6.07) is 12.3. The summed E-state index contributed by atoms with van der Waals surface area (Å²) in [5.41, 5.74) is 1.59. The van der Waals surface area contributed by atoms with Gasteiger partial charge in [-0.25, -0.2) is 4.39 Å². The normalized spacial score (nSPS) is 15.9. The summed E-state index contributed by atoms with van der Waals surface area (Å²) in [4.78, 5) is 24.2. The van der Waals surface area contributed by atoms with E-state index in [9.17, 15) is 14.0 Å². The van der Waals surface area contributed by atoms with Crippen LogP contribution in [0, 0.1) is 5.82 Å². The van der Waals surface area contributed by atoms with Gasteiger partial charge in [-0.1, -0.05) is 30.3 Å². The maximum atomic E-state index is 12.8. The van der Waals surface area contributed by atoms with E-state index >= 15 is 0 Å². The highest BCUT2D eigenvalue weighted by Gasteiger charge is 2.26. The monoisotopic (exact) mass is 267 g/mol. The van der Waals surface area contributed by atoms with Gasteiger partial charge < -0.3 is 5.32 Å². The second-order valence-electron chi connectivity index (χ2n) is 4.44. The number of allylic oxidation sites excluding steroid dienone is 1. The number of ketones is 1. The third-order valence-electron chi connectivity index (χ3n) is 3.09. The van der Waals surface area contributed by atoms with Gasteiger partial charge in [0, 0.05) is 5.56 Å². The number of rotatable bonds is 1. The van der Waals surface area contributed by atoms with Gasteiger partial charge in [0.1, 0.15) is 5.82 Å². The van der Waals surface area contributed by atoms with Crippen LogP contribution < -0.4 is 5.32 Å². The van der Waals surface area contributed by atoms with Crippen molar-refractivity contribution in [2.45, 2.75) is 0 Å². The van der Waals surface area contributed by atoms with Gasteiger partial charge in [-0.2, -0.15) is 0 Å². The molecule has 1 amide bonds. The van der Waals surface area contributed by atoms with Crippen molar-refractivity contribution in [1.82, 2.24) is 5.32 Å². The third-order valence-corrected chi connectivity index (χ3v) is 3.09. The van der Waals surface area contributed by atoms with Gasteiger partial charge >= 0.3 is 0 Å². The molecule has 0 spiro atoms. The molecule has 0 aliphatic carbocycles. The molecule has 98 valence electrons. The zero-order valence-corrected chi connectivity index (χ0v) is 10.4. The molecular weight excluding hydrogens is 257 g/mol. The molecule has 0 unspecified atom stereocenters. The smallest absolute Gasteiger partial charge is 0.256 e. The first kappa shape index (κ1) is 12.3. The summed E-state index contributed by atoms with van der Waals surface area (Å²) >= 11 is 0. The topological polar surface area (TPSA) is 46.2 Å². The highest BCUT2D eigenvalue weighted by Crippen LogP contribution is 2.20. The van der Waals surface area contributed by atoms with E-state index in [1.807, 2.05) is 0 Å². The zero-order valence-electron chi connectivity index (χ0n) is 10.4. The molecule has 0 radical (unpaired) electrons. The van der Waals surface area contributed by atoms with E-state index in [1.54, 1.807) is 36.4 Å². The van der Waals surface area contributed by atoms with Crippen molar-refractivity contribution in [2.24, 2.45) is 0 Å². The number of amides is 1. The summed E-state index contributed by atoms with van der Waals surface area (Å²) in [5.74, 6) is -0.908. The molecule has 2 aromatic rings. The summed E-state index contributed by atoms with van der Waals surface area (Å²) in [7, 11) is 0. The largest absolute Gasteiger partial charge is 0.319 e. The predicted octanol–water partition coefficient (Wildman–Crippen LogP) is 2.79. The molecule has 2 aromatic carbocycles. The maximum Gasteiger partial charge on any atom is 0.256 e. The minimum absolute atomic E-state index is 0.195. The van der Waals surface area contributed by atoms with Crippen LogP contribution in [0.3, 0.4) is 0 Å². The molecule has 3 nitrogen and oxygen atoms in total. The minimum Gasteiger partial charge on any atom is -0.319 e. The lowest BCUT2D eigenvalue weighted by molar-refractivity contribution is 0.0910. The Morgan fingerprint density at radius 1 is 0.900 bits per heavy atom. The highest BCUT2D eigenvalue weighted by molar-refractivity contribution is 6.22. The molecule has 0 bridgehead atoms. The van der Waals surface area contributed by atoms with Crippen LogP contribution in [0.1, 0.15) is 26.3 Å². The van der Waals surface area contributed by atoms with Crippen LogP contribution in [0.25, 0.3) is 6.08 Å². The fourth-order valence-electron chi connectivity index (χ4n) is 2.10. The van der Waals surface area contributed by atoms with Crippen LogP contribution in [0.4, 0.5) is 4.39 Å². The number of nitrogens with one attached hydrogen (secondary N) is 1. The summed E-state index contributed by atoms with van der Waals surface area (Å²) in [6.45, 7) is 0. The second-order valence-corrected chi connectivity index (χ2v) is 4.44.